The van der Waals surface area contributed by atoms with Gasteiger partial charge in [0.1, 0.15) is 0 Å². The summed E-state index contributed by atoms with van der Waals surface area (Å²) in [4.78, 5) is 0. The fourth-order valence-electron chi connectivity index (χ4n) is 1.30. The average molecular weight is 249 g/mol. The molecule has 90 valence electrons. The highest BCUT2D eigenvalue weighted by atomic mass is 19.2. The Morgan fingerprint density at radius 2 is 1.35 bits per heavy atom. The molecule has 1 aromatic heterocycles. The van der Waals surface area contributed by atoms with E-state index in [4.69, 9.17) is 0 Å². The summed E-state index contributed by atoms with van der Waals surface area (Å²) in [5.74, 6) is -10.7. The van der Waals surface area contributed by atoms with E-state index in [1.165, 1.54) is 6.92 Å². The lowest BCUT2D eigenvalue weighted by molar-refractivity contribution is 0.373. The van der Waals surface area contributed by atoms with Gasteiger partial charge in [-0.15, -0.1) is 0 Å². The summed E-state index contributed by atoms with van der Waals surface area (Å²) in [7, 11) is 0. The van der Waals surface area contributed by atoms with Crippen LogP contribution in [0, 0.1) is 36.0 Å². The molecule has 17 heavy (non-hydrogen) atoms. The number of aryl methyl sites for hydroxylation is 1. The fraction of sp³-hybridized carbons (Fsp3) is 0.100. The molecular formula is C10H4F5NO. The fourth-order valence-corrected chi connectivity index (χ4v) is 1.30. The van der Waals surface area contributed by atoms with Crippen molar-refractivity contribution in [1.29, 1.82) is 0 Å². The summed E-state index contributed by atoms with van der Waals surface area (Å²) in [5.41, 5.74) is -0.869. The van der Waals surface area contributed by atoms with E-state index in [-0.39, 0.29) is 5.69 Å². The number of hydrogen-bond acceptors (Lipinski definition) is 2. The van der Waals surface area contributed by atoms with E-state index in [0.717, 1.165) is 6.07 Å². The zero-order valence-electron chi connectivity index (χ0n) is 8.32. The maximum absolute atomic E-state index is 13.3. The first-order chi connectivity index (χ1) is 7.93. The smallest absolute Gasteiger partial charge is 0.200 e. The molecule has 7 heteroatoms. The largest absolute Gasteiger partial charge is 0.356 e. The van der Waals surface area contributed by atoms with E-state index in [1.54, 1.807) is 0 Å². The average Bonchev–Trinajstić information content (AvgIpc) is 2.71. The molecule has 0 aliphatic rings. The molecule has 1 aromatic carbocycles. The van der Waals surface area contributed by atoms with Crippen LogP contribution in [0.4, 0.5) is 22.0 Å². The number of aromatic nitrogens is 1. The van der Waals surface area contributed by atoms with Crippen molar-refractivity contribution in [3.63, 3.8) is 0 Å². The summed E-state index contributed by atoms with van der Waals surface area (Å²) in [6.07, 6.45) is 0. The molecule has 0 aliphatic carbocycles. The van der Waals surface area contributed by atoms with E-state index in [2.05, 4.69) is 9.68 Å². The first-order valence-electron chi connectivity index (χ1n) is 4.38. The molecule has 0 amide bonds. The maximum atomic E-state index is 13.3. The Kier molecular flexibility index (Phi) is 2.60. The third-order valence-electron chi connectivity index (χ3n) is 2.08. The molecule has 0 saturated carbocycles. The van der Waals surface area contributed by atoms with Gasteiger partial charge in [-0.25, -0.2) is 22.0 Å². The molecule has 1 heterocycles. The highest BCUT2D eigenvalue weighted by molar-refractivity contribution is 5.59. The lowest BCUT2D eigenvalue weighted by atomic mass is 10.1. The molecule has 0 radical (unpaired) electrons. The van der Waals surface area contributed by atoms with Gasteiger partial charge in [0.05, 0.1) is 11.3 Å². The number of halogens is 5. The van der Waals surface area contributed by atoms with Gasteiger partial charge in [0.15, 0.2) is 29.0 Å². The van der Waals surface area contributed by atoms with Crippen molar-refractivity contribution >= 4 is 0 Å². The van der Waals surface area contributed by atoms with Gasteiger partial charge < -0.3 is 4.52 Å². The van der Waals surface area contributed by atoms with Crippen LogP contribution in [0.1, 0.15) is 5.69 Å². The van der Waals surface area contributed by atoms with Crippen LogP contribution in [-0.2, 0) is 0 Å². The molecule has 0 fully saturated rings. The van der Waals surface area contributed by atoms with Crippen molar-refractivity contribution in [3.05, 3.63) is 40.8 Å². The summed E-state index contributed by atoms with van der Waals surface area (Å²) < 4.78 is 69.5. The minimum atomic E-state index is -2.21. The van der Waals surface area contributed by atoms with Crippen molar-refractivity contribution in [2.24, 2.45) is 0 Å². The molecule has 0 bridgehead atoms. The summed E-state index contributed by atoms with van der Waals surface area (Å²) in [6, 6.07) is 1.07. The Morgan fingerprint density at radius 3 is 1.76 bits per heavy atom. The van der Waals surface area contributed by atoms with Crippen LogP contribution < -0.4 is 0 Å². The van der Waals surface area contributed by atoms with Crippen molar-refractivity contribution in [3.8, 4) is 11.3 Å². The van der Waals surface area contributed by atoms with Crippen LogP contribution >= 0.6 is 0 Å². The second kappa shape index (κ2) is 3.83. The SMILES string of the molecule is Cc1cc(-c2c(F)c(F)c(F)c(F)c2F)on1. The van der Waals surface area contributed by atoms with Gasteiger partial charge in [-0.2, -0.15) is 0 Å². The molecule has 0 spiro atoms. The highest BCUT2D eigenvalue weighted by Gasteiger charge is 2.28. The maximum Gasteiger partial charge on any atom is 0.200 e. The third kappa shape index (κ3) is 1.67. The predicted octanol–water partition coefficient (Wildman–Crippen LogP) is 3.35. The Morgan fingerprint density at radius 1 is 0.882 bits per heavy atom. The van der Waals surface area contributed by atoms with E-state index >= 15 is 0 Å². The molecule has 2 aromatic rings. The zero-order valence-corrected chi connectivity index (χ0v) is 8.32. The Balaban J connectivity index is 2.78. The lowest BCUT2D eigenvalue weighted by Crippen LogP contribution is -2.03. The van der Waals surface area contributed by atoms with Gasteiger partial charge in [-0.1, -0.05) is 5.16 Å². The van der Waals surface area contributed by atoms with Crippen molar-refractivity contribution < 1.29 is 26.5 Å². The standard InChI is InChI=1S/C10H4F5NO/c1-3-2-4(17-16-3)5-6(11)8(13)10(15)9(14)7(5)12/h2H,1H3. The van der Waals surface area contributed by atoms with Gasteiger partial charge in [0.2, 0.25) is 5.82 Å². The van der Waals surface area contributed by atoms with E-state index in [9.17, 15) is 22.0 Å². The number of benzene rings is 1. The number of hydrogen-bond donors (Lipinski definition) is 0. The Labute approximate surface area is 91.6 Å². The summed E-state index contributed by atoms with van der Waals surface area (Å²) in [5, 5.41) is 3.31. The van der Waals surface area contributed by atoms with Gasteiger partial charge in [-0.05, 0) is 6.92 Å². The first kappa shape index (κ1) is 11.6. The second-order valence-electron chi connectivity index (χ2n) is 3.28. The lowest BCUT2D eigenvalue weighted by Gasteiger charge is -2.04. The van der Waals surface area contributed by atoms with Crippen LogP contribution in [0.2, 0.25) is 0 Å². The molecule has 0 aliphatic heterocycles. The monoisotopic (exact) mass is 249 g/mol. The molecule has 0 N–H and O–H groups in total. The number of rotatable bonds is 1. The van der Waals surface area contributed by atoms with Crippen LogP contribution in [-0.4, -0.2) is 5.16 Å². The minimum Gasteiger partial charge on any atom is -0.356 e. The number of nitrogens with zero attached hydrogens (tertiary/aromatic N) is 1. The topological polar surface area (TPSA) is 26.0 Å². The quantitative estimate of drug-likeness (QED) is 0.440. The van der Waals surface area contributed by atoms with Crippen molar-refractivity contribution in [1.82, 2.24) is 5.16 Å². The van der Waals surface area contributed by atoms with Gasteiger partial charge >= 0.3 is 0 Å². The van der Waals surface area contributed by atoms with Crippen LogP contribution in [0.15, 0.2) is 10.6 Å². The molecule has 2 rings (SSSR count). The molecule has 0 saturated heterocycles. The first-order valence-corrected chi connectivity index (χ1v) is 4.38. The van der Waals surface area contributed by atoms with Gasteiger partial charge in [0.25, 0.3) is 0 Å². The van der Waals surface area contributed by atoms with Crippen LogP contribution in [0.3, 0.4) is 0 Å². The second-order valence-corrected chi connectivity index (χ2v) is 3.28. The van der Waals surface area contributed by atoms with Gasteiger partial charge in [-0.3, -0.25) is 0 Å². The Hall–Kier alpha value is -1.92. The summed E-state index contributed by atoms with van der Waals surface area (Å²) >= 11 is 0. The normalized spacial score (nSPS) is 10.9. The van der Waals surface area contributed by atoms with Crippen LogP contribution in [0.25, 0.3) is 11.3 Å². The van der Waals surface area contributed by atoms with E-state index in [0.29, 0.717) is 0 Å². The third-order valence-corrected chi connectivity index (χ3v) is 2.08. The molecular weight excluding hydrogens is 245 g/mol. The molecule has 0 unspecified atom stereocenters. The molecule has 2 nitrogen and oxygen atoms in total. The zero-order chi connectivity index (χ0) is 12.7. The van der Waals surface area contributed by atoms with E-state index in [1.807, 2.05) is 0 Å². The minimum absolute atomic E-state index is 0.254. The Bertz CT molecular complexity index is 564. The highest BCUT2D eigenvalue weighted by Crippen LogP contribution is 2.31. The van der Waals surface area contributed by atoms with E-state index < -0.39 is 40.4 Å². The van der Waals surface area contributed by atoms with Gasteiger partial charge in [0, 0.05) is 6.07 Å². The van der Waals surface area contributed by atoms with Crippen molar-refractivity contribution in [2.75, 3.05) is 0 Å². The summed E-state index contributed by atoms with van der Waals surface area (Å²) in [6.45, 7) is 1.44. The van der Waals surface area contributed by atoms with Crippen molar-refractivity contribution in [2.45, 2.75) is 6.92 Å². The molecule has 0 atom stereocenters. The predicted molar refractivity (Wildman–Crippen MR) is 46.5 cm³/mol. The van der Waals surface area contributed by atoms with Crippen LogP contribution in [0.5, 0.6) is 0 Å².